The predicted molar refractivity (Wildman–Crippen MR) is 65.8 cm³/mol. The third-order valence-corrected chi connectivity index (χ3v) is 3.02. The summed E-state index contributed by atoms with van der Waals surface area (Å²) < 4.78 is 5.20. The number of amides is 1. The average Bonchev–Trinajstić information content (AvgIpc) is 2.15. The van der Waals surface area contributed by atoms with Gasteiger partial charge in [0.05, 0.1) is 0 Å². The van der Waals surface area contributed by atoms with Crippen LogP contribution in [0.4, 0.5) is 4.79 Å². The molecule has 0 aliphatic heterocycles. The largest absolute Gasteiger partial charge is 0.444 e. The molecule has 1 aliphatic rings. The van der Waals surface area contributed by atoms with E-state index in [9.17, 15) is 9.59 Å². The summed E-state index contributed by atoms with van der Waals surface area (Å²) in [5, 5.41) is 2.86. The summed E-state index contributed by atoms with van der Waals surface area (Å²) in [4.78, 5) is 22.7. The Kier molecular flexibility index (Phi) is 4.54. The number of ether oxygens (including phenoxy) is 1. The lowest BCUT2D eigenvalue weighted by atomic mass is 9.84. The summed E-state index contributed by atoms with van der Waals surface area (Å²) >= 11 is 0. The first kappa shape index (κ1) is 14.0. The Bertz CT molecular complexity index is 286. The summed E-state index contributed by atoms with van der Waals surface area (Å²) in [6, 6.07) is 0.153. The van der Waals surface area contributed by atoms with Gasteiger partial charge in [0.2, 0.25) is 0 Å². The lowest BCUT2D eigenvalue weighted by molar-refractivity contribution is -0.121. The van der Waals surface area contributed by atoms with Crippen LogP contribution >= 0.6 is 0 Å². The Labute approximate surface area is 103 Å². The minimum atomic E-state index is -0.458. The minimum Gasteiger partial charge on any atom is -0.444 e. The van der Waals surface area contributed by atoms with Crippen molar-refractivity contribution in [1.29, 1.82) is 0 Å². The number of Topliss-reactive ketones (excluding diaryl/α,β-unsaturated/α-hetero) is 1. The summed E-state index contributed by atoms with van der Waals surface area (Å²) in [5.41, 5.74) is -0.458. The minimum absolute atomic E-state index is 0.153. The van der Waals surface area contributed by atoms with Crippen LogP contribution in [0, 0.1) is 5.92 Å². The number of nitrogens with one attached hydrogen (secondary N) is 1. The molecule has 4 heteroatoms. The van der Waals surface area contributed by atoms with Crippen molar-refractivity contribution in [1.82, 2.24) is 5.32 Å². The topological polar surface area (TPSA) is 55.4 Å². The van der Waals surface area contributed by atoms with Crippen molar-refractivity contribution >= 4 is 11.9 Å². The standard InChI is InChI=1S/C13H23NO3/c1-9(15)10-5-7-11(8-6-10)14-12(16)17-13(2,3)4/h10-11H,5-8H2,1-4H3,(H,14,16)/t10-,11+. The number of hydrogen-bond acceptors (Lipinski definition) is 3. The van der Waals surface area contributed by atoms with Gasteiger partial charge in [-0.3, -0.25) is 4.79 Å². The van der Waals surface area contributed by atoms with E-state index in [4.69, 9.17) is 4.74 Å². The van der Waals surface area contributed by atoms with Crippen LogP contribution in [-0.4, -0.2) is 23.5 Å². The molecule has 0 bridgehead atoms. The van der Waals surface area contributed by atoms with E-state index in [1.54, 1.807) is 6.92 Å². The second kappa shape index (κ2) is 5.52. The molecule has 0 radical (unpaired) electrons. The van der Waals surface area contributed by atoms with Gasteiger partial charge in [-0.25, -0.2) is 4.79 Å². The Morgan fingerprint density at radius 3 is 2.06 bits per heavy atom. The van der Waals surface area contributed by atoms with Gasteiger partial charge in [-0.1, -0.05) is 0 Å². The molecular weight excluding hydrogens is 218 g/mol. The smallest absolute Gasteiger partial charge is 0.407 e. The van der Waals surface area contributed by atoms with Gasteiger partial charge in [0.1, 0.15) is 11.4 Å². The van der Waals surface area contributed by atoms with Crippen LogP contribution in [0.2, 0.25) is 0 Å². The lowest BCUT2D eigenvalue weighted by Crippen LogP contribution is -2.41. The van der Waals surface area contributed by atoms with Crippen molar-refractivity contribution in [3.8, 4) is 0 Å². The third kappa shape index (κ3) is 5.20. The molecule has 98 valence electrons. The zero-order valence-electron chi connectivity index (χ0n) is 11.2. The van der Waals surface area contributed by atoms with Gasteiger partial charge < -0.3 is 10.1 Å². The van der Waals surface area contributed by atoms with Crippen LogP contribution in [0.3, 0.4) is 0 Å². The maximum Gasteiger partial charge on any atom is 0.407 e. The molecule has 0 unspecified atom stereocenters. The molecule has 0 aromatic carbocycles. The van der Waals surface area contributed by atoms with E-state index in [1.807, 2.05) is 20.8 Å². The molecule has 17 heavy (non-hydrogen) atoms. The van der Waals surface area contributed by atoms with Crippen molar-refractivity contribution in [2.75, 3.05) is 0 Å². The van der Waals surface area contributed by atoms with Crippen molar-refractivity contribution in [3.05, 3.63) is 0 Å². The molecule has 0 spiro atoms. The van der Waals surface area contributed by atoms with E-state index in [0.29, 0.717) is 0 Å². The van der Waals surface area contributed by atoms with E-state index in [2.05, 4.69) is 5.32 Å². The van der Waals surface area contributed by atoms with Crippen LogP contribution in [0.1, 0.15) is 53.4 Å². The first-order valence-electron chi connectivity index (χ1n) is 6.28. The molecule has 0 heterocycles. The second-order valence-electron chi connectivity index (χ2n) is 5.81. The molecule has 0 aromatic heterocycles. The van der Waals surface area contributed by atoms with Crippen molar-refractivity contribution in [3.63, 3.8) is 0 Å². The Balaban J connectivity index is 2.31. The molecule has 0 saturated heterocycles. The third-order valence-electron chi connectivity index (χ3n) is 3.02. The molecule has 1 amide bonds. The first-order valence-corrected chi connectivity index (χ1v) is 6.28. The van der Waals surface area contributed by atoms with Gasteiger partial charge in [-0.15, -0.1) is 0 Å². The Morgan fingerprint density at radius 2 is 1.65 bits per heavy atom. The van der Waals surface area contributed by atoms with Crippen LogP contribution in [0.5, 0.6) is 0 Å². The molecule has 0 atom stereocenters. The number of carbonyl (C=O) groups is 2. The van der Waals surface area contributed by atoms with Gasteiger partial charge in [0, 0.05) is 12.0 Å². The maximum absolute atomic E-state index is 11.5. The molecule has 1 fully saturated rings. The fraction of sp³-hybridized carbons (Fsp3) is 0.846. The summed E-state index contributed by atoms with van der Waals surface area (Å²) in [5.74, 6) is 0.451. The van der Waals surface area contributed by atoms with Gasteiger partial charge in [-0.05, 0) is 53.4 Å². The SMILES string of the molecule is CC(=O)[C@H]1CC[C@@H](NC(=O)OC(C)(C)C)CC1. The summed E-state index contributed by atoms with van der Waals surface area (Å²) in [7, 11) is 0. The van der Waals surface area contributed by atoms with Crippen LogP contribution in [-0.2, 0) is 9.53 Å². The number of alkyl carbamates (subject to hydrolysis) is 1. The van der Waals surface area contributed by atoms with E-state index in [0.717, 1.165) is 25.7 Å². The summed E-state index contributed by atoms with van der Waals surface area (Å²) in [6.45, 7) is 7.18. The first-order chi connectivity index (χ1) is 7.78. The Hall–Kier alpha value is -1.06. The monoisotopic (exact) mass is 241 g/mol. The molecule has 4 nitrogen and oxygen atoms in total. The highest BCUT2D eigenvalue weighted by atomic mass is 16.6. The van der Waals surface area contributed by atoms with Crippen LogP contribution in [0.15, 0.2) is 0 Å². The molecule has 1 aliphatic carbocycles. The zero-order chi connectivity index (χ0) is 13.1. The molecule has 1 N–H and O–H groups in total. The van der Waals surface area contributed by atoms with Gasteiger partial charge in [-0.2, -0.15) is 0 Å². The van der Waals surface area contributed by atoms with Crippen molar-refractivity contribution in [2.45, 2.75) is 65.0 Å². The molecule has 1 saturated carbocycles. The van der Waals surface area contributed by atoms with E-state index in [1.165, 1.54) is 0 Å². The van der Waals surface area contributed by atoms with Gasteiger partial charge >= 0.3 is 6.09 Å². The van der Waals surface area contributed by atoms with E-state index < -0.39 is 5.60 Å². The highest BCUT2D eigenvalue weighted by molar-refractivity contribution is 5.78. The highest BCUT2D eigenvalue weighted by Gasteiger charge is 2.26. The zero-order valence-corrected chi connectivity index (χ0v) is 11.2. The predicted octanol–water partition coefficient (Wildman–Crippen LogP) is 2.66. The fourth-order valence-electron chi connectivity index (χ4n) is 2.12. The number of carbonyl (C=O) groups excluding carboxylic acids is 2. The van der Waals surface area contributed by atoms with Gasteiger partial charge in [0.25, 0.3) is 0 Å². The maximum atomic E-state index is 11.5. The van der Waals surface area contributed by atoms with Crippen molar-refractivity contribution in [2.24, 2.45) is 5.92 Å². The number of rotatable bonds is 2. The average molecular weight is 241 g/mol. The van der Waals surface area contributed by atoms with E-state index >= 15 is 0 Å². The molecule has 1 rings (SSSR count). The quantitative estimate of drug-likeness (QED) is 0.808. The summed E-state index contributed by atoms with van der Waals surface area (Å²) in [6.07, 6.45) is 3.11. The number of ketones is 1. The van der Waals surface area contributed by atoms with Crippen LogP contribution in [0.25, 0.3) is 0 Å². The van der Waals surface area contributed by atoms with Crippen LogP contribution < -0.4 is 5.32 Å². The second-order valence-corrected chi connectivity index (χ2v) is 5.81. The number of hydrogen-bond donors (Lipinski definition) is 1. The van der Waals surface area contributed by atoms with E-state index in [-0.39, 0.29) is 23.8 Å². The lowest BCUT2D eigenvalue weighted by Gasteiger charge is -2.28. The normalized spacial score (nSPS) is 25.2. The van der Waals surface area contributed by atoms with Gasteiger partial charge in [0.15, 0.2) is 0 Å². The molecule has 0 aromatic rings. The molecular formula is C13H23NO3. The fourth-order valence-corrected chi connectivity index (χ4v) is 2.12. The van der Waals surface area contributed by atoms with Crippen molar-refractivity contribution < 1.29 is 14.3 Å². The Morgan fingerprint density at radius 1 is 1.12 bits per heavy atom. The highest BCUT2D eigenvalue weighted by Crippen LogP contribution is 2.25.